The zero-order valence-electron chi connectivity index (χ0n) is 12.4. The van der Waals surface area contributed by atoms with E-state index in [-0.39, 0.29) is 6.61 Å². The molecule has 0 aromatic heterocycles. The highest BCUT2D eigenvalue weighted by Crippen LogP contribution is 2.32. The number of ether oxygens (including phenoxy) is 2. The van der Waals surface area contributed by atoms with Gasteiger partial charge in [-0.2, -0.15) is 0 Å². The van der Waals surface area contributed by atoms with Crippen molar-refractivity contribution in [3.05, 3.63) is 23.3 Å². The minimum absolute atomic E-state index is 0.214. The van der Waals surface area contributed by atoms with Gasteiger partial charge in [-0.05, 0) is 36.0 Å². The molecule has 0 saturated carbocycles. The fourth-order valence-electron chi connectivity index (χ4n) is 2.66. The number of carbonyl (C=O) groups is 2. The van der Waals surface area contributed by atoms with Gasteiger partial charge in [-0.3, -0.25) is 4.90 Å². The van der Waals surface area contributed by atoms with Crippen LogP contribution in [0.4, 0.5) is 4.79 Å². The molecular weight excluding hydrogens is 273 g/mol. The molecule has 1 aliphatic heterocycles. The number of carboxylic acids is 1. The molecule has 2 rings (SSSR count). The van der Waals surface area contributed by atoms with E-state index in [9.17, 15) is 14.7 Å². The highest BCUT2D eigenvalue weighted by atomic mass is 16.6. The lowest BCUT2D eigenvalue weighted by Crippen LogP contribution is -2.44. The summed E-state index contributed by atoms with van der Waals surface area (Å²) in [6.45, 7) is 2.23. The number of fused-ring (bicyclic) bond motifs is 1. The molecule has 7 heteroatoms. The van der Waals surface area contributed by atoms with Crippen LogP contribution >= 0.6 is 0 Å². The molecule has 1 atom stereocenters. The summed E-state index contributed by atoms with van der Waals surface area (Å²) < 4.78 is 10.2. The molecule has 0 bridgehead atoms. The Bertz CT molecular complexity index is 575. The van der Waals surface area contributed by atoms with Crippen molar-refractivity contribution >= 4 is 25.4 Å². The Kier molecular flexibility index (Phi) is 4.40. The van der Waals surface area contributed by atoms with Gasteiger partial charge in [0.1, 0.15) is 13.6 Å². The van der Waals surface area contributed by atoms with Crippen LogP contribution in [-0.4, -0.2) is 50.2 Å². The maximum atomic E-state index is 12.0. The maximum Gasteiger partial charge on any atom is 0.410 e. The number of amides is 1. The second-order valence-electron chi connectivity index (χ2n) is 4.90. The third-order valence-corrected chi connectivity index (χ3v) is 3.62. The molecule has 112 valence electrons. The summed E-state index contributed by atoms with van der Waals surface area (Å²) in [5.41, 5.74) is 2.47. The molecule has 0 spiro atoms. The van der Waals surface area contributed by atoms with Crippen LogP contribution in [0.5, 0.6) is 5.75 Å². The predicted octanol–water partition coefficient (Wildman–Crippen LogP) is 0.0939. The first-order chi connectivity index (χ1) is 9.99. The summed E-state index contributed by atoms with van der Waals surface area (Å²) in [4.78, 5) is 24.8. The number of aliphatic carboxylic acids is 1. The number of carboxylic acid groups (broad SMARTS) is 1. The Morgan fingerprint density at radius 2 is 2.19 bits per heavy atom. The van der Waals surface area contributed by atoms with E-state index in [4.69, 9.17) is 9.47 Å². The molecule has 1 N–H and O–H groups in total. The van der Waals surface area contributed by atoms with Crippen LogP contribution in [0.15, 0.2) is 12.1 Å². The van der Waals surface area contributed by atoms with E-state index in [1.165, 1.54) is 12.0 Å². The lowest BCUT2D eigenvalue weighted by Gasteiger charge is -2.34. The molecule has 1 aromatic carbocycles. The number of hydrogen-bond acceptors (Lipinski definition) is 4. The summed E-state index contributed by atoms with van der Waals surface area (Å²) in [6.07, 6.45) is -0.00180. The Morgan fingerprint density at radius 3 is 2.76 bits per heavy atom. The average Bonchev–Trinajstić information content (AvgIpc) is 2.45. The smallest absolute Gasteiger partial charge is 0.410 e. The van der Waals surface area contributed by atoms with Crippen molar-refractivity contribution in [2.75, 3.05) is 20.3 Å². The van der Waals surface area contributed by atoms with Crippen LogP contribution in [0.1, 0.15) is 24.1 Å². The van der Waals surface area contributed by atoms with Crippen LogP contribution in [0.25, 0.3) is 0 Å². The molecule has 21 heavy (non-hydrogen) atoms. The van der Waals surface area contributed by atoms with Gasteiger partial charge in [0.15, 0.2) is 6.04 Å². The van der Waals surface area contributed by atoms with Gasteiger partial charge in [-0.15, -0.1) is 0 Å². The largest absolute Gasteiger partial charge is 0.497 e. The molecule has 1 unspecified atom stereocenters. The van der Waals surface area contributed by atoms with Crippen LogP contribution < -0.4 is 10.2 Å². The first-order valence-electron chi connectivity index (χ1n) is 6.83. The lowest BCUT2D eigenvalue weighted by atomic mass is 9.85. The number of benzene rings is 1. The van der Waals surface area contributed by atoms with E-state index < -0.39 is 18.1 Å². The highest BCUT2D eigenvalue weighted by Gasteiger charge is 2.37. The van der Waals surface area contributed by atoms with E-state index in [1.54, 1.807) is 13.0 Å². The van der Waals surface area contributed by atoms with Crippen molar-refractivity contribution in [2.45, 2.75) is 19.4 Å². The fourth-order valence-corrected chi connectivity index (χ4v) is 2.66. The van der Waals surface area contributed by atoms with E-state index in [2.05, 4.69) is 0 Å². The topological polar surface area (TPSA) is 76.1 Å². The highest BCUT2D eigenvalue weighted by molar-refractivity contribution is 6.34. The molecule has 0 saturated heterocycles. The van der Waals surface area contributed by atoms with Crippen molar-refractivity contribution in [3.8, 4) is 5.75 Å². The number of nitrogens with zero attached hydrogens (tertiary/aromatic N) is 1. The Balaban J connectivity index is 2.46. The monoisotopic (exact) mass is 291 g/mol. The SMILES string of the molecule is Bc1cc2c(cc1OC)C(C(=O)O)N(C(=O)OCC)CC2. The fraction of sp³-hybridized carbons (Fsp3) is 0.429. The van der Waals surface area contributed by atoms with Gasteiger partial charge in [0.25, 0.3) is 0 Å². The summed E-state index contributed by atoms with van der Waals surface area (Å²) in [5.74, 6) is -0.458. The van der Waals surface area contributed by atoms with Gasteiger partial charge in [-0.1, -0.05) is 6.07 Å². The number of methoxy groups -OCH3 is 1. The third kappa shape index (κ3) is 2.81. The van der Waals surface area contributed by atoms with E-state index in [0.29, 0.717) is 24.3 Å². The first-order valence-corrected chi connectivity index (χ1v) is 6.83. The number of rotatable bonds is 3. The molecule has 0 radical (unpaired) electrons. The van der Waals surface area contributed by atoms with Gasteiger partial charge in [0, 0.05) is 6.54 Å². The zero-order chi connectivity index (χ0) is 15.6. The minimum atomic E-state index is -1.07. The average molecular weight is 291 g/mol. The molecule has 0 aliphatic carbocycles. The number of hydrogen-bond donors (Lipinski definition) is 1. The Hall–Kier alpha value is -2.18. The zero-order valence-corrected chi connectivity index (χ0v) is 12.4. The molecule has 6 nitrogen and oxygen atoms in total. The van der Waals surface area contributed by atoms with Crippen LogP contribution in [0, 0.1) is 0 Å². The van der Waals surface area contributed by atoms with Crippen LogP contribution in [-0.2, 0) is 16.0 Å². The summed E-state index contributed by atoms with van der Waals surface area (Å²) in [5, 5.41) is 9.52. The van der Waals surface area contributed by atoms with Crippen molar-refractivity contribution < 1.29 is 24.2 Å². The number of carbonyl (C=O) groups excluding carboxylic acids is 1. The minimum Gasteiger partial charge on any atom is -0.497 e. The van der Waals surface area contributed by atoms with Crippen LogP contribution in [0.2, 0.25) is 0 Å². The van der Waals surface area contributed by atoms with E-state index in [1.807, 2.05) is 13.9 Å². The van der Waals surface area contributed by atoms with E-state index in [0.717, 1.165) is 11.0 Å². The summed E-state index contributed by atoms with van der Waals surface area (Å²) >= 11 is 0. The maximum absolute atomic E-state index is 12.0. The van der Waals surface area contributed by atoms with Gasteiger partial charge >= 0.3 is 12.1 Å². The predicted molar refractivity (Wildman–Crippen MR) is 79.0 cm³/mol. The van der Waals surface area contributed by atoms with Gasteiger partial charge < -0.3 is 14.6 Å². The molecule has 1 heterocycles. The Labute approximate surface area is 124 Å². The van der Waals surface area contributed by atoms with Gasteiger partial charge in [0.05, 0.1) is 13.7 Å². The van der Waals surface area contributed by atoms with Crippen molar-refractivity contribution in [2.24, 2.45) is 0 Å². The second-order valence-corrected chi connectivity index (χ2v) is 4.90. The molecule has 1 aromatic rings. The first kappa shape index (κ1) is 15.2. The van der Waals surface area contributed by atoms with Gasteiger partial charge in [0.2, 0.25) is 0 Å². The van der Waals surface area contributed by atoms with Gasteiger partial charge in [-0.25, -0.2) is 9.59 Å². The normalized spacial score (nSPS) is 17.0. The quantitative estimate of drug-likeness (QED) is 0.799. The van der Waals surface area contributed by atoms with Crippen molar-refractivity contribution in [1.82, 2.24) is 4.90 Å². The molecule has 1 aliphatic rings. The van der Waals surface area contributed by atoms with Crippen molar-refractivity contribution in [3.63, 3.8) is 0 Å². The van der Waals surface area contributed by atoms with Crippen LogP contribution in [0.3, 0.4) is 0 Å². The third-order valence-electron chi connectivity index (χ3n) is 3.62. The van der Waals surface area contributed by atoms with Crippen molar-refractivity contribution in [1.29, 1.82) is 0 Å². The second kappa shape index (κ2) is 6.07. The molecule has 0 fully saturated rings. The standard InChI is InChI=1S/C14H18BNO5/c1-3-21-14(19)16-5-4-8-6-10(15)11(20-2)7-9(8)12(16)13(17)18/h6-7,12H,3-5,15H2,1-2H3,(H,17,18). The Morgan fingerprint density at radius 1 is 1.48 bits per heavy atom. The summed E-state index contributed by atoms with van der Waals surface area (Å²) in [7, 11) is 3.45. The van der Waals surface area contributed by atoms with E-state index >= 15 is 0 Å². The molecule has 1 amide bonds. The lowest BCUT2D eigenvalue weighted by molar-refractivity contribution is -0.143. The molecular formula is C14H18BNO5. The summed E-state index contributed by atoms with van der Waals surface area (Å²) in [6, 6.07) is 2.59.